The summed E-state index contributed by atoms with van der Waals surface area (Å²) in [5.74, 6) is 3.56. The van der Waals surface area contributed by atoms with Crippen LogP contribution in [0.4, 0.5) is 0 Å². The molecular weight excluding hydrogens is 695 g/mol. The van der Waals surface area contributed by atoms with E-state index in [4.69, 9.17) is 19.7 Å². The van der Waals surface area contributed by atoms with Crippen molar-refractivity contribution in [2.75, 3.05) is 0 Å². The number of hydrogen-bond acceptors (Lipinski definition) is 4. The van der Waals surface area contributed by atoms with E-state index in [1.807, 2.05) is 18.2 Å². The van der Waals surface area contributed by atoms with Gasteiger partial charge in [0.05, 0.1) is 5.41 Å². The monoisotopic (exact) mass is 727 g/mol. The maximum absolute atomic E-state index is 7.08. The maximum atomic E-state index is 7.08. The van der Waals surface area contributed by atoms with Crippen LogP contribution < -0.4 is 4.74 Å². The molecule has 2 aliphatic carbocycles. The standard InChI is InChI=1S/C53H33N3O/c1-2-15-34(16-3-1)50-54-51(37-31-35-19-12-17-33-18-13-20-36(32-37)48(33)35)56-52(55-50)42-24-5-4-21-38(42)41-25-14-29-46-49(41)57-47-30-11-10-28-45(47)53(46)43-26-8-6-22-39(43)40-23-7-9-27-44(40)53/h1-17,19-32H,18H2. The van der Waals surface area contributed by atoms with Crippen LogP contribution in [-0.4, -0.2) is 15.0 Å². The summed E-state index contributed by atoms with van der Waals surface area (Å²) < 4.78 is 7.08. The second-order valence-corrected chi connectivity index (χ2v) is 15.0. The number of hydrogen-bond donors (Lipinski definition) is 0. The predicted molar refractivity (Wildman–Crippen MR) is 229 cm³/mol. The molecule has 57 heavy (non-hydrogen) atoms. The fourth-order valence-corrected chi connectivity index (χ4v) is 9.63. The van der Waals surface area contributed by atoms with Crippen LogP contribution in [-0.2, 0) is 11.8 Å². The molecule has 0 amide bonds. The minimum Gasteiger partial charge on any atom is -0.456 e. The Morgan fingerprint density at radius 1 is 0.439 bits per heavy atom. The molecule has 8 aromatic carbocycles. The highest BCUT2D eigenvalue weighted by Crippen LogP contribution is 2.63. The molecule has 0 atom stereocenters. The highest BCUT2D eigenvalue weighted by molar-refractivity contribution is 5.98. The molecule has 1 aliphatic heterocycles. The van der Waals surface area contributed by atoms with Crippen molar-refractivity contribution in [3.63, 3.8) is 0 Å². The summed E-state index contributed by atoms with van der Waals surface area (Å²) in [5, 5.41) is 2.48. The van der Waals surface area contributed by atoms with Gasteiger partial charge in [0.1, 0.15) is 11.5 Å². The molecule has 0 fully saturated rings. The van der Waals surface area contributed by atoms with Gasteiger partial charge in [-0.1, -0.05) is 170 Å². The number of nitrogens with zero attached hydrogens (tertiary/aromatic N) is 3. The lowest BCUT2D eigenvalue weighted by atomic mass is 9.65. The highest BCUT2D eigenvalue weighted by atomic mass is 16.5. The molecule has 2 heterocycles. The van der Waals surface area contributed by atoms with Crippen molar-refractivity contribution in [2.24, 2.45) is 0 Å². The number of rotatable bonds is 4. The van der Waals surface area contributed by atoms with Gasteiger partial charge in [0.25, 0.3) is 0 Å². The molecule has 1 aromatic heterocycles. The van der Waals surface area contributed by atoms with E-state index in [0.717, 1.165) is 56.9 Å². The molecule has 0 bridgehead atoms. The molecule has 9 aromatic rings. The summed E-state index contributed by atoms with van der Waals surface area (Å²) >= 11 is 0. The fourth-order valence-electron chi connectivity index (χ4n) is 9.63. The van der Waals surface area contributed by atoms with Crippen LogP contribution in [0, 0.1) is 0 Å². The molecule has 1 spiro atoms. The van der Waals surface area contributed by atoms with Gasteiger partial charge in [-0.05, 0) is 74.3 Å². The average Bonchev–Trinajstić information content (AvgIpc) is 3.57. The Hall–Kier alpha value is -7.43. The van der Waals surface area contributed by atoms with Gasteiger partial charge in [-0.15, -0.1) is 0 Å². The van der Waals surface area contributed by atoms with Crippen molar-refractivity contribution in [1.82, 2.24) is 15.0 Å². The lowest BCUT2D eigenvalue weighted by Crippen LogP contribution is -2.32. The first-order valence-electron chi connectivity index (χ1n) is 19.5. The Balaban J connectivity index is 1.10. The van der Waals surface area contributed by atoms with E-state index in [-0.39, 0.29) is 0 Å². The Labute approximate surface area is 330 Å². The van der Waals surface area contributed by atoms with E-state index in [9.17, 15) is 0 Å². The van der Waals surface area contributed by atoms with Gasteiger partial charge in [0.15, 0.2) is 17.5 Å². The molecule has 3 aliphatic rings. The number of ether oxygens (including phenoxy) is 1. The zero-order valence-corrected chi connectivity index (χ0v) is 30.9. The minimum atomic E-state index is -0.562. The molecule has 12 rings (SSSR count). The van der Waals surface area contributed by atoms with Gasteiger partial charge < -0.3 is 4.74 Å². The van der Waals surface area contributed by atoms with Crippen LogP contribution >= 0.6 is 0 Å². The normalized spacial score (nSPS) is 13.8. The summed E-state index contributed by atoms with van der Waals surface area (Å²) in [6, 6.07) is 62.4. The molecule has 4 heteroatoms. The second-order valence-electron chi connectivity index (χ2n) is 15.0. The summed E-state index contributed by atoms with van der Waals surface area (Å²) in [5.41, 5.74) is 14.0. The van der Waals surface area contributed by atoms with Crippen LogP contribution in [0.15, 0.2) is 182 Å². The quantitative estimate of drug-likeness (QED) is 0.181. The second kappa shape index (κ2) is 12.3. The van der Waals surface area contributed by atoms with Crippen molar-refractivity contribution in [3.8, 4) is 67.9 Å². The zero-order chi connectivity index (χ0) is 37.5. The lowest BCUT2D eigenvalue weighted by molar-refractivity contribution is 0.438. The van der Waals surface area contributed by atoms with Crippen LogP contribution in [0.5, 0.6) is 11.5 Å². The van der Waals surface area contributed by atoms with Gasteiger partial charge in [0, 0.05) is 33.4 Å². The summed E-state index contributed by atoms with van der Waals surface area (Å²) in [4.78, 5) is 15.7. The van der Waals surface area contributed by atoms with Crippen LogP contribution in [0.3, 0.4) is 0 Å². The molecule has 0 radical (unpaired) electrons. The van der Waals surface area contributed by atoms with E-state index in [1.54, 1.807) is 0 Å². The number of benzene rings is 8. The van der Waals surface area contributed by atoms with Crippen LogP contribution in [0.25, 0.3) is 73.3 Å². The maximum Gasteiger partial charge on any atom is 0.164 e. The number of aromatic nitrogens is 3. The Morgan fingerprint density at radius 3 is 1.82 bits per heavy atom. The largest absolute Gasteiger partial charge is 0.456 e. The average molecular weight is 728 g/mol. The van der Waals surface area contributed by atoms with Crippen molar-refractivity contribution < 1.29 is 4.74 Å². The minimum absolute atomic E-state index is 0.562. The fraction of sp³-hybridized carbons (Fsp3) is 0.0377. The Morgan fingerprint density at radius 2 is 1.04 bits per heavy atom. The van der Waals surface area contributed by atoms with E-state index in [0.29, 0.717) is 17.5 Å². The van der Waals surface area contributed by atoms with E-state index in [2.05, 4.69) is 170 Å². The van der Waals surface area contributed by atoms with E-state index >= 15 is 0 Å². The predicted octanol–water partition coefficient (Wildman–Crippen LogP) is 12.7. The number of fused-ring (bicyclic) bond motifs is 9. The lowest BCUT2D eigenvalue weighted by Gasteiger charge is -2.40. The first kappa shape index (κ1) is 31.9. The van der Waals surface area contributed by atoms with Crippen LogP contribution in [0.1, 0.15) is 33.4 Å². The third-order valence-corrected chi connectivity index (χ3v) is 12.0. The molecule has 0 saturated carbocycles. The molecule has 0 unspecified atom stereocenters. The third kappa shape index (κ3) is 4.65. The molecule has 0 saturated heterocycles. The summed E-state index contributed by atoms with van der Waals surface area (Å²) in [6.07, 6.45) is 5.39. The van der Waals surface area contributed by atoms with E-state index in [1.165, 1.54) is 44.2 Å². The third-order valence-electron chi connectivity index (χ3n) is 12.0. The van der Waals surface area contributed by atoms with Gasteiger partial charge in [-0.2, -0.15) is 0 Å². The van der Waals surface area contributed by atoms with E-state index < -0.39 is 5.41 Å². The van der Waals surface area contributed by atoms with Crippen molar-refractivity contribution >= 4 is 16.8 Å². The van der Waals surface area contributed by atoms with Crippen molar-refractivity contribution in [1.29, 1.82) is 0 Å². The first-order chi connectivity index (χ1) is 28.3. The molecule has 266 valence electrons. The number of allylic oxidation sites excluding steroid dienone is 1. The SMILES string of the molecule is C1=Cc2cc(-c3nc(-c4ccccc4)nc(-c4ccccc4-c4cccc5c4Oc4ccccc4C54c5ccccc5-c5ccccc54)n3)cc3cccc(c23)C1. The van der Waals surface area contributed by atoms with Gasteiger partial charge in [-0.3, -0.25) is 0 Å². The topological polar surface area (TPSA) is 47.9 Å². The highest BCUT2D eigenvalue weighted by Gasteiger charge is 2.51. The van der Waals surface area contributed by atoms with Gasteiger partial charge in [0.2, 0.25) is 0 Å². The van der Waals surface area contributed by atoms with Crippen molar-refractivity contribution in [2.45, 2.75) is 11.8 Å². The zero-order valence-electron chi connectivity index (χ0n) is 30.9. The van der Waals surface area contributed by atoms with Gasteiger partial charge in [-0.25, -0.2) is 15.0 Å². The Bertz CT molecular complexity index is 3100. The number of para-hydroxylation sites is 2. The smallest absolute Gasteiger partial charge is 0.164 e. The molecular formula is C53H33N3O. The van der Waals surface area contributed by atoms with Crippen LogP contribution in [0.2, 0.25) is 0 Å². The first-order valence-corrected chi connectivity index (χ1v) is 19.5. The molecule has 0 N–H and O–H groups in total. The summed E-state index contributed by atoms with van der Waals surface area (Å²) in [6.45, 7) is 0. The van der Waals surface area contributed by atoms with Gasteiger partial charge >= 0.3 is 0 Å². The summed E-state index contributed by atoms with van der Waals surface area (Å²) in [7, 11) is 0. The van der Waals surface area contributed by atoms with Crippen molar-refractivity contribution in [3.05, 3.63) is 215 Å². The molecule has 4 nitrogen and oxygen atoms in total. The Kier molecular flexibility index (Phi) is 6.87.